The first-order chi connectivity index (χ1) is 10.1. The van der Waals surface area contributed by atoms with Crippen LogP contribution in [-0.4, -0.2) is 11.3 Å². The first-order valence-electron chi connectivity index (χ1n) is 6.19. The van der Waals surface area contributed by atoms with Crippen LogP contribution in [-0.2, 0) is 0 Å². The number of aromatic hydroxyl groups is 1. The molecular weight excluding hydrogens is 273 g/mol. The van der Waals surface area contributed by atoms with Crippen LogP contribution in [0.15, 0.2) is 62.7 Å². The Hall–Kier alpha value is -2.95. The average Bonchev–Trinajstić information content (AvgIpc) is 2.49. The van der Waals surface area contributed by atoms with Gasteiger partial charge < -0.3 is 9.52 Å². The van der Waals surface area contributed by atoms with Crippen LogP contribution in [0.1, 0.15) is 5.56 Å². The van der Waals surface area contributed by atoms with E-state index in [1.165, 1.54) is 30.5 Å². The zero-order chi connectivity index (χ0) is 14.8. The highest BCUT2D eigenvalue weighted by molar-refractivity contribution is 5.94. The first-order valence-corrected chi connectivity index (χ1v) is 6.19. The molecule has 0 spiro atoms. The zero-order valence-electron chi connectivity index (χ0n) is 10.8. The maximum Gasteiger partial charge on any atom is 0.348 e. The minimum atomic E-state index is -0.683. The van der Waals surface area contributed by atoms with Gasteiger partial charge in [0.2, 0.25) is 0 Å². The minimum absolute atomic E-state index is 0.0435. The van der Waals surface area contributed by atoms with E-state index >= 15 is 0 Å². The predicted octanol–water partition coefficient (Wildman–Crippen LogP) is 3.39. The molecule has 0 saturated heterocycles. The molecule has 3 rings (SSSR count). The van der Waals surface area contributed by atoms with Gasteiger partial charge >= 0.3 is 5.63 Å². The van der Waals surface area contributed by atoms with Crippen molar-refractivity contribution in [2.45, 2.75) is 0 Å². The molecule has 2 aromatic carbocycles. The van der Waals surface area contributed by atoms with Gasteiger partial charge in [-0.25, -0.2) is 9.18 Å². The van der Waals surface area contributed by atoms with Gasteiger partial charge in [0.1, 0.15) is 22.7 Å². The smallest absolute Gasteiger partial charge is 0.348 e. The maximum absolute atomic E-state index is 12.8. The number of benzene rings is 2. The van der Waals surface area contributed by atoms with E-state index < -0.39 is 5.63 Å². The number of hydrogen-bond donors (Lipinski definition) is 1. The van der Waals surface area contributed by atoms with Crippen LogP contribution in [0.25, 0.3) is 11.0 Å². The van der Waals surface area contributed by atoms with E-state index in [4.69, 9.17) is 4.42 Å². The Morgan fingerprint density at radius 3 is 2.57 bits per heavy atom. The normalized spacial score (nSPS) is 11.3. The Morgan fingerprint density at radius 2 is 1.81 bits per heavy atom. The van der Waals surface area contributed by atoms with Crippen LogP contribution in [0, 0.1) is 5.82 Å². The molecule has 0 aliphatic carbocycles. The second-order valence-electron chi connectivity index (χ2n) is 4.38. The number of fused-ring (bicyclic) bond motifs is 1. The van der Waals surface area contributed by atoms with Gasteiger partial charge in [0.05, 0.1) is 11.1 Å². The third-order valence-corrected chi connectivity index (χ3v) is 2.99. The molecule has 0 aliphatic heterocycles. The summed E-state index contributed by atoms with van der Waals surface area (Å²) in [6.45, 7) is 0. The molecule has 1 heterocycles. The molecule has 21 heavy (non-hydrogen) atoms. The van der Waals surface area contributed by atoms with Crippen molar-refractivity contribution in [3.05, 3.63) is 70.3 Å². The van der Waals surface area contributed by atoms with Gasteiger partial charge in [-0.3, -0.25) is 4.99 Å². The monoisotopic (exact) mass is 283 g/mol. The number of rotatable bonds is 2. The molecule has 3 aromatic rings. The fraction of sp³-hybridized carbons (Fsp3) is 0. The van der Waals surface area contributed by atoms with Gasteiger partial charge in [0.15, 0.2) is 0 Å². The number of halogens is 1. The first kappa shape index (κ1) is 13.1. The van der Waals surface area contributed by atoms with E-state index in [1.54, 1.807) is 24.3 Å². The van der Waals surface area contributed by atoms with Crippen molar-refractivity contribution in [2.24, 2.45) is 4.99 Å². The topological polar surface area (TPSA) is 62.8 Å². The second kappa shape index (κ2) is 5.20. The number of aliphatic imine (C=N–C) groups is 1. The van der Waals surface area contributed by atoms with E-state index in [0.717, 1.165) is 0 Å². The highest BCUT2D eigenvalue weighted by Gasteiger charge is 2.11. The molecule has 0 fully saturated rings. The van der Waals surface area contributed by atoms with E-state index in [-0.39, 0.29) is 17.1 Å². The van der Waals surface area contributed by atoms with E-state index in [0.29, 0.717) is 16.7 Å². The Bertz CT molecular complexity index is 882. The Morgan fingerprint density at radius 1 is 1.10 bits per heavy atom. The van der Waals surface area contributed by atoms with Crippen LogP contribution < -0.4 is 5.63 Å². The molecule has 0 saturated carbocycles. The molecular formula is C16H10FNO3. The van der Waals surface area contributed by atoms with Gasteiger partial charge in [-0.15, -0.1) is 0 Å². The van der Waals surface area contributed by atoms with Crippen molar-refractivity contribution in [2.75, 3.05) is 0 Å². The van der Waals surface area contributed by atoms with Gasteiger partial charge in [0.25, 0.3) is 0 Å². The lowest BCUT2D eigenvalue weighted by Crippen LogP contribution is -2.06. The third kappa shape index (κ3) is 2.53. The van der Waals surface area contributed by atoms with Crippen LogP contribution >= 0.6 is 0 Å². The van der Waals surface area contributed by atoms with Crippen molar-refractivity contribution in [3.8, 4) is 5.75 Å². The molecule has 0 amide bonds. The van der Waals surface area contributed by atoms with Crippen LogP contribution in [0.2, 0.25) is 0 Å². The summed E-state index contributed by atoms with van der Waals surface area (Å²) in [6, 6.07) is 12.1. The number of hydrogen-bond acceptors (Lipinski definition) is 4. The lowest BCUT2D eigenvalue weighted by molar-refractivity contribution is 0.466. The van der Waals surface area contributed by atoms with E-state index in [9.17, 15) is 14.3 Å². The second-order valence-corrected chi connectivity index (χ2v) is 4.38. The Balaban J connectivity index is 2.08. The lowest BCUT2D eigenvalue weighted by atomic mass is 10.1. The summed E-state index contributed by atoms with van der Waals surface area (Å²) in [5.41, 5.74) is 0.0392. The largest absolute Gasteiger partial charge is 0.506 e. The summed E-state index contributed by atoms with van der Waals surface area (Å²) in [5.74, 6) is -0.560. The Labute approximate surface area is 118 Å². The van der Waals surface area contributed by atoms with E-state index in [1.807, 2.05) is 0 Å². The fourth-order valence-electron chi connectivity index (χ4n) is 1.93. The molecule has 1 N–H and O–H groups in total. The summed E-state index contributed by atoms with van der Waals surface area (Å²) in [4.78, 5) is 15.9. The summed E-state index contributed by atoms with van der Waals surface area (Å²) in [6.07, 6.45) is 1.21. The molecule has 0 atom stereocenters. The van der Waals surface area contributed by atoms with Gasteiger partial charge in [-0.2, -0.15) is 0 Å². The van der Waals surface area contributed by atoms with Gasteiger partial charge in [0, 0.05) is 6.21 Å². The number of nitrogens with zero attached hydrogens (tertiary/aromatic N) is 1. The zero-order valence-corrected chi connectivity index (χ0v) is 10.8. The average molecular weight is 283 g/mol. The maximum atomic E-state index is 12.8. The molecule has 0 bridgehead atoms. The minimum Gasteiger partial charge on any atom is -0.506 e. The highest BCUT2D eigenvalue weighted by Crippen LogP contribution is 2.25. The SMILES string of the molecule is O=c1oc2ccccc2c(O)c1C=Nc1ccc(F)cc1. The summed E-state index contributed by atoms with van der Waals surface area (Å²) < 4.78 is 17.9. The van der Waals surface area contributed by atoms with Crippen LogP contribution in [0.3, 0.4) is 0 Å². The fourth-order valence-corrected chi connectivity index (χ4v) is 1.93. The summed E-state index contributed by atoms with van der Waals surface area (Å²) in [7, 11) is 0. The molecule has 0 radical (unpaired) electrons. The molecule has 0 unspecified atom stereocenters. The van der Waals surface area contributed by atoms with Crippen molar-refractivity contribution >= 4 is 22.9 Å². The molecule has 5 heteroatoms. The summed E-state index contributed by atoms with van der Waals surface area (Å²) in [5, 5.41) is 10.6. The molecule has 1 aromatic heterocycles. The van der Waals surface area contributed by atoms with Gasteiger partial charge in [-0.1, -0.05) is 12.1 Å². The van der Waals surface area contributed by atoms with Crippen molar-refractivity contribution in [1.29, 1.82) is 0 Å². The number of para-hydroxylation sites is 1. The quantitative estimate of drug-likeness (QED) is 0.579. The summed E-state index contributed by atoms with van der Waals surface area (Å²) >= 11 is 0. The molecule has 4 nitrogen and oxygen atoms in total. The third-order valence-electron chi connectivity index (χ3n) is 2.99. The molecule has 104 valence electrons. The van der Waals surface area contributed by atoms with E-state index in [2.05, 4.69) is 4.99 Å². The van der Waals surface area contributed by atoms with Crippen molar-refractivity contribution in [3.63, 3.8) is 0 Å². The molecule has 0 aliphatic rings. The lowest BCUT2D eigenvalue weighted by Gasteiger charge is -2.02. The highest BCUT2D eigenvalue weighted by atomic mass is 19.1. The van der Waals surface area contributed by atoms with Crippen molar-refractivity contribution in [1.82, 2.24) is 0 Å². The van der Waals surface area contributed by atoms with Crippen LogP contribution in [0.4, 0.5) is 10.1 Å². The van der Waals surface area contributed by atoms with Gasteiger partial charge in [-0.05, 0) is 36.4 Å². The van der Waals surface area contributed by atoms with Crippen molar-refractivity contribution < 1.29 is 13.9 Å². The standard InChI is InChI=1S/C16H10FNO3/c17-10-5-7-11(8-6-10)18-9-13-15(19)12-3-1-2-4-14(12)21-16(13)20/h1-9,19H. The van der Waals surface area contributed by atoms with Crippen LogP contribution in [0.5, 0.6) is 5.75 Å². The Kier molecular flexibility index (Phi) is 3.23. The predicted molar refractivity (Wildman–Crippen MR) is 77.8 cm³/mol.